The van der Waals surface area contributed by atoms with Crippen molar-refractivity contribution in [2.75, 3.05) is 0 Å². The predicted octanol–water partition coefficient (Wildman–Crippen LogP) is 3.64. The minimum Gasteiger partial charge on any atom is -0.300 e. The first-order chi connectivity index (χ1) is 7.83. The summed E-state index contributed by atoms with van der Waals surface area (Å²) in [4.78, 5) is 16.0. The number of thiazole rings is 1. The molecule has 0 bridgehead atoms. The van der Waals surface area contributed by atoms with Crippen molar-refractivity contribution in [2.45, 2.75) is 56.8 Å². The lowest BCUT2D eigenvalue weighted by Gasteiger charge is -2.23. The van der Waals surface area contributed by atoms with Gasteiger partial charge in [-0.2, -0.15) is 0 Å². The van der Waals surface area contributed by atoms with Crippen molar-refractivity contribution >= 4 is 17.1 Å². The summed E-state index contributed by atoms with van der Waals surface area (Å²) in [5.74, 6) is 1.75. The van der Waals surface area contributed by atoms with E-state index in [1.807, 2.05) is 11.3 Å². The first-order valence-corrected chi connectivity index (χ1v) is 7.18. The van der Waals surface area contributed by atoms with Gasteiger partial charge in [-0.1, -0.05) is 6.42 Å². The van der Waals surface area contributed by atoms with Crippen LogP contribution in [0.3, 0.4) is 0 Å². The number of aromatic nitrogens is 1. The van der Waals surface area contributed by atoms with Crippen LogP contribution in [0, 0.1) is 0 Å². The van der Waals surface area contributed by atoms with E-state index in [0.29, 0.717) is 11.7 Å². The molecule has 0 atom stereocenters. The van der Waals surface area contributed by atoms with Gasteiger partial charge in [-0.15, -0.1) is 11.3 Å². The highest BCUT2D eigenvalue weighted by atomic mass is 32.1. The number of hydrogen-bond donors (Lipinski definition) is 0. The molecule has 1 aromatic heterocycles. The van der Waals surface area contributed by atoms with Gasteiger partial charge in [0.15, 0.2) is 0 Å². The molecular formula is C13H17NOS. The smallest absolute Gasteiger partial charge is 0.132 e. The van der Waals surface area contributed by atoms with Gasteiger partial charge in [-0.3, -0.25) is 4.79 Å². The van der Waals surface area contributed by atoms with Crippen LogP contribution in [0.1, 0.15) is 67.5 Å². The van der Waals surface area contributed by atoms with E-state index < -0.39 is 0 Å². The van der Waals surface area contributed by atoms with Gasteiger partial charge in [0.2, 0.25) is 0 Å². The van der Waals surface area contributed by atoms with Crippen molar-refractivity contribution in [3.8, 4) is 0 Å². The molecule has 2 saturated carbocycles. The predicted molar refractivity (Wildman–Crippen MR) is 64.9 cm³/mol. The second-order valence-corrected chi connectivity index (χ2v) is 5.94. The van der Waals surface area contributed by atoms with Gasteiger partial charge in [-0.05, 0) is 25.7 Å². The highest BCUT2D eigenvalue weighted by Gasteiger charge is 2.26. The molecule has 1 aromatic rings. The number of carbonyl (C=O) groups is 1. The highest BCUT2D eigenvalue weighted by molar-refractivity contribution is 7.09. The molecule has 0 radical (unpaired) electrons. The number of hydrogen-bond acceptors (Lipinski definition) is 3. The molecule has 2 aliphatic carbocycles. The molecule has 0 aliphatic heterocycles. The summed E-state index contributed by atoms with van der Waals surface area (Å²) in [5.41, 5.74) is 1.26. The molecule has 0 aromatic carbocycles. The third-order valence-corrected chi connectivity index (χ3v) is 4.98. The Morgan fingerprint density at radius 3 is 2.50 bits per heavy atom. The van der Waals surface area contributed by atoms with E-state index in [4.69, 9.17) is 4.98 Å². The molecule has 1 heterocycles. The lowest BCUT2D eigenvalue weighted by molar-refractivity contribution is -0.120. The number of ketones is 1. The van der Waals surface area contributed by atoms with Crippen molar-refractivity contribution in [2.24, 2.45) is 0 Å². The molecule has 0 amide bonds. The first-order valence-electron chi connectivity index (χ1n) is 6.30. The summed E-state index contributed by atoms with van der Waals surface area (Å²) in [6.07, 6.45) is 7.60. The van der Waals surface area contributed by atoms with E-state index in [0.717, 1.165) is 31.6 Å². The van der Waals surface area contributed by atoms with Crippen molar-refractivity contribution in [3.63, 3.8) is 0 Å². The normalized spacial score (nSPS) is 23.4. The van der Waals surface area contributed by atoms with Crippen LogP contribution in [0.2, 0.25) is 0 Å². The maximum absolute atomic E-state index is 11.2. The molecule has 3 rings (SSSR count). The molecule has 2 aliphatic rings. The maximum atomic E-state index is 11.2. The fourth-order valence-corrected chi connectivity index (χ4v) is 3.64. The van der Waals surface area contributed by atoms with Crippen LogP contribution < -0.4 is 0 Å². The summed E-state index contributed by atoms with van der Waals surface area (Å²) < 4.78 is 0. The lowest BCUT2D eigenvalue weighted by Crippen LogP contribution is -2.13. The van der Waals surface area contributed by atoms with Crippen LogP contribution in [-0.2, 0) is 4.79 Å². The summed E-state index contributed by atoms with van der Waals surface area (Å²) in [7, 11) is 0. The summed E-state index contributed by atoms with van der Waals surface area (Å²) in [6.45, 7) is 0. The molecule has 2 fully saturated rings. The van der Waals surface area contributed by atoms with E-state index in [2.05, 4.69) is 5.38 Å². The van der Waals surface area contributed by atoms with Gasteiger partial charge in [0.05, 0.1) is 10.7 Å². The Hall–Kier alpha value is -0.700. The third kappa shape index (κ3) is 1.93. The minimum atomic E-state index is 0.436. The van der Waals surface area contributed by atoms with Gasteiger partial charge in [-0.25, -0.2) is 4.98 Å². The minimum absolute atomic E-state index is 0.436. The standard InChI is InChI=1S/C13H17NOS/c15-11-6-4-9(5-7-11)12-8-16-13(14-12)10-2-1-3-10/h8-10H,1-7H2. The second kappa shape index (κ2) is 4.28. The van der Waals surface area contributed by atoms with Gasteiger partial charge < -0.3 is 0 Å². The Morgan fingerprint density at radius 2 is 1.88 bits per heavy atom. The molecule has 86 valence electrons. The quantitative estimate of drug-likeness (QED) is 0.783. The summed E-state index contributed by atoms with van der Waals surface area (Å²) >= 11 is 1.83. The van der Waals surface area contributed by atoms with E-state index in [1.54, 1.807) is 0 Å². The topological polar surface area (TPSA) is 30.0 Å². The van der Waals surface area contributed by atoms with Crippen LogP contribution in [0.5, 0.6) is 0 Å². The maximum Gasteiger partial charge on any atom is 0.132 e. The van der Waals surface area contributed by atoms with Crippen LogP contribution in [0.15, 0.2) is 5.38 Å². The SMILES string of the molecule is O=C1CCC(c2csc(C3CCC3)n2)CC1. The summed E-state index contributed by atoms with van der Waals surface area (Å²) in [6, 6.07) is 0. The van der Waals surface area contributed by atoms with Crippen molar-refractivity contribution < 1.29 is 4.79 Å². The zero-order valence-electron chi connectivity index (χ0n) is 9.45. The molecule has 0 unspecified atom stereocenters. The third-order valence-electron chi connectivity index (χ3n) is 3.96. The molecule has 0 spiro atoms. The lowest BCUT2D eigenvalue weighted by atomic mass is 9.85. The average Bonchev–Trinajstić information content (AvgIpc) is 2.65. The Bertz CT molecular complexity index is 384. The van der Waals surface area contributed by atoms with Crippen LogP contribution >= 0.6 is 11.3 Å². The molecule has 0 N–H and O–H groups in total. The van der Waals surface area contributed by atoms with Crippen molar-refractivity contribution in [3.05, 3.63) is 16.1 Å². The Balaban J connectivity index is 1.69. The number of rotatable bonds is 2. The fourth-order valence-electron chi connectivity index (χ4n) is 2.57. The summed E-state index contributed by atoms with van der Waals surface area (Å²) in [5, 5.41) is 3.58. The molecule has 2 nitrogen and oxygen atoms in total. The Kier molecular flexibility index (Phi) is 2.80. The highest BCUT2D eigenvalue weighted by Crippen LogP contribution is 2.40. The van der Waals surface area contributed by atoms with E-state index >= 15 is 0 Å². The Morgan fingerprint density at radius 1 is 1.12 bits per heavy atom. The monoisotopic (exact) mass is 235 g/mol. The van der Waals surface area contributed by atoms with Gasteiger partial charge in [0, 0.05) is 30.1 Å². The number of Topliss-reactive ketones (excluding diaryl/α,β-unsaturated/α-hetero) is 1. The van der Waals surface area contributed by atoms with E-state index in [1.165, 1.54) is 30.0 Å². The van der Waals surface area contributed by atoms with Crippen molar-refractivity contribution in [1.29, 1.82) is 0 Å². The molecule has 16 heavy (non-hydrogen) atoms. The first kappa shape index (κ1) is 10.5. The van der Waals surface area contributed by atoms with Crippen LogP contribution in [-0.4, -0.2) is 10.8 Å². The zero-order chi connectivity index (χ0) is 11.0. The van der Waals surface area contributed by atoms with Crippen molar-refractivity contribution in [1.82, 2.24) is 4.98 Å². The molecule has 0 saturated heterocycles. The number of carbonyl (C=O) groups excluding carboxylic acids is 1. The molecule has 3 heteroatoms. The van der Waals surface area contributed by atoms with Gasteiger partial charge >= 0.3 is 0 Å². The number of nitrogens with zero attached hydrogens (tertiary/aromatic N) is 1. The molecular weight excluding hydrogens is 218 g/mol. The fraction of sp³-hybridized carbons (Fsp3) is 0.692. The zero-order valence-corrected chi connectivity index (χ0v) is 10.3. The largest absolute Gasteiger partial charge is 0.300 e. The van der Waals surface area contributed by atoms with Crippen LogP contribution in [0.25, 0.3) is 0 Å². The van der Waals surface area contributed by atoms with Gasteiger partial charge in [0.1, 0.15) is 5.78 Å². The van der Waals surface area contributed by atoms with E-state index in [9.17, 15) is 4.79 Å². The van der Waals surface area contributed by atoms with E-state index in [-0.39, 0.29) is 0 Å². The van der Waals surface area contributed by atoms with Crippen LogP contribution in [0.4, 0.5) is 0 Å². The Labute approximate surface area is 100 Å². The average molecular weight is 235 g/mol. The second-order valence-electron chi connectivity index (χ2n) is 5.05. The van der Waals surface area contributed by atoms with Gasteiger partial charge in [0.25, 0.3) is 0 Å².